The number of hydrogen-bond acceptors (Lipinski definition) is 1. The predicted molar refractivity (Wildman–Crippen MR) is 35.4 cm³/mol. The largest absolute Gasteiger partial charge is 0.605 e. The van der Waals surface area contributed by atoms with Crippen molar-refractivity contribution >= 4 is 20.2 Å². The molecule has 0 aromatic carbocycles. The fourth-order valence-electron chi connectivity index (χ4n) is 0.481. The van der Waals surface area contributed by atoms with Crippen LogP contribution in [0.1, 0.15) is 0 Å². The second kappa shape index (κ2) is 1.78. The van der Waals surface area contributed by atoms with Crippen LogP contribution in [0.15, 0.2) is 12.4 Å². The Morgan fingerprint density at radius 1 is 1.62 bits per heavy atom. The van der Waals surface area contributed by atoms with Gasteiger partial charge in [-0.1, -0.05) is 0 Å². The molecule has 4 heteroatoms. The van der Waals surface area contributed by atoms with Crippen molar-refractivity contribution in [3.63, 3.8) is 0 Å². The van der Waals surface area contributed by atoms with Gasteiger partial charge in [-0.2, -0.15) is 0 Å². The van der Waals surface area contributed by atoms with Gasteiger partial charge in [-0.25, -0.2) is 0 Å². The summed E-state index contributed by atoms with van der Waals surface area (Å²) in [6.07, 6.45) is 3.52. The van der Waals surface area contributed by atoms with Gasteiger partial charge < -0.3 is 17.0 Å². The fraction of sp³-hybridized carbons (Fsp3) is 0.250. The smallest absolute Gasteiger partial charge is 0.130 e. The molecule has 0 atom stereocenters. The molecule has 41 valence electrons. The molecule has 8 heavy (non-hydrogen) atoms. The first-order valence-electron chi connectivity index (χ1n) is 2.21. The highest BCUT2D eigenvalue weighted by atomic mass is 32.1. The molecular weight excluding hydrogens is 119 g/mol. The summed E-state index contributed by atoms with van der Waals surface area (Å²) in [5, 5.41) is 0. The second-order valence-electron chi connectivity index (χ2n) is 1.60. The van der Waals surface area contributed by atoms with Crippen LogP contribution in [0.3, 0.4) is 0 Å². The number of aryl methyl sites for hydroxylation is 1. The first kappa shape index (κ1) is 5.63. The van der Waals surface area contributed by atoms with E-state index in [2.05, 4.69) is 0 Å². The van der Waals surface area contributed by atoms with Crippen LogP contribution >= 0.6 is 12.2 Å². The zero-order valence-electron chi connectivity index (χ0n) is 4.53. The van der Waals surface area contributed by atoms with Crippen LogP contribution in [0.5, 0.6) is 0 Å². The molecule has 1 aromatic rings. The lowest BCUT2D eigenvalue weighted by Crippen LogP contribution is -1.91. The highest BCUT2D eigenvalue weighted by Gasteiger charge is 1.76. The molecule has 1 aromatic heterocycles. The van der Waals surface area contributed by atoms with Crippen LogP contribution < -0.4 is 0 Å². The molecule has 0 spiro atoms. The first-order chi connectivity index (χ1) is 3.72. The number of rotatable bonds is 0. The summed E-state index contributed by atoms with van der Waals surface area (Å²) in [6.45, 7) is 0. The van der Waals surface area contributed by atoms with Crippen molar-refractivity contribution in [3.05, 3.63) is 17.2 Å². The van der Waals surface area contributed by atoms with Gasteiger partial charge in [-0.3, -0.25) is 0 Å². The SMILES string of the molecule is [B-]n1ccn(C)c1=S. The Morgan fingerprint density at radius 2 is 2.25 bits per heavy atom. The number of imidazole rings is 1. The summed E-state index contributed by atoms with van der Waals surface area (Å²) in [6, 6.07) is 0. The average molecular weight is 124 g/mol. The maximum Gasteiger partial charge on any atom is 0.130 e. The molecule has 0 unspecified atom stereocenters. The van der Waals surface area contributed by atoms with E-state index in [1.165, 1.54) is 4.48 Å². The summed E-state index contributed by atoms with van der Waals surface area (Å²) < 4.78 is 3.80. The topological polar surface area (TPSA) is 9.86 Å². The Labute approximate surface area is 54.2 Å². The van der Waals surface area contributed by atoms with Crippen molar-refractivity contribution in [2.45, 2.75) is 0 Å². The molecule has 0 N–H and O–H groups in total. The van der Waals surface area contributed by atoms with Gasteiger partial charge in [0.05, 0.1) is 0 Å². The van der Waals surface area contributed by atoms with E-state index >= 15 is 0 Å². The van der Waals surface area contributed by atoms with Crippen molar-refractivity contribution in [2.75, 3.05) is 0 Å². The van der Waals surface area contributed by atoms with Crippen LogP contribution in [0, 0.1) is 4.77 Å². The van der Waals surface area contributed by atoms with E-state index in [0.29, 0.717) is 4.77 Å². The monoisotopic (exact) mass is 124 g/mol. The minimum absolute atomic E-state index is 0.630. The highest BCUT2D eigenvalue weighted by molar-refractivity contribution is 7.71. The van der Waals surface area contributed by atoms with E-state index in [-0.39, 0.29) is 0 Å². The van der Waals surface area contributed by atoms with Crippen molar-refractivity contribution in [1.29, 1.82) is 0 Å². The zero-order valence-corrected chi connectivity index (χ0v) is 5.35. The van der Waals surface area contributed by atoms with Gasteiger partial charge in [0, 0.05) is 13.2 Å². The molecule has 2 nitrogen and oxygen atoms in total. The Balaban J connectivity index is 3.42. The van der Waals surface area contributed by atoms with Crippen LogP contribution in [0.2, 0.25) is 0 Å². The number of aromatic nitrogens is 2. The normalized spacial score (nSPS) is 9.75. The molecule has 0 saturated heterocycles. The summed E-state index contributed by atoms with van der Waals surface area (Å²) in [7, 11) is 7.19. The van der Waals surface area contributed by atoms with Crippen molar-refractivity contribution < 1.29 is 0 Å². The van der Waals surface area contributed by atoms with E-state index in [1.54, 1.807) is 10.8 Å². The summed E-state index contributed by atoms with van der Waals surface area (Å²) in [5.41, 5.74) is 0. The fourth-order valence-corrected chi connectivity index (χ4v) is 0.603. The zero-order chi connectivity index (χ0) is 6.15. The summed E-state index contributed by atoms with van der Waals surface area (Å²) in [4.78, 5) is 0. The lowest BCUT2D eigenvalue weighted by molar-refractivity contribution is 0.883. The van der Waals surface area contributed by atoms with Gasteiger partial charge in [-0.05, 0) is 18.4 Å². The molecule has 1 rings (SSSR count). The minimum Gasteiger partial charge on any atom is -0.605 e. The Morgan fingerprint density at radius 3 is 2.38 bits per heavy atom. The quantitative estimate of drug-likeness (QED) is 0.361. The molecule has 0 fully saturated rings. The van der Waals surface area contributed by atoms with E-state index in [1.807, 2.05) is 13.2 Å². The third kappa shape index (κ3) is 0.711. The molecule has 0 aliphatic rings. The van der Waals surface area contributed by atoms with Crippen LogP contribution in [-0.4, -0.2) is 17.0 Å². The van der Waals surface area contributed by atoms with Gasteiger partial charge in [0.25, 0.3) is 0 Å². The average Bonchev–Trinajstić information content (AvgIpc) is 1.98. The Hall–Kier alpha value is -0.505. The van der Waals surface area contributed by atoms with Gasteiger partial charge in [0.1, 0.15) is 4.77 Å². The Kier molecular flexibility index (Phi) is 1.25. The van der Waals surface area contributed by atoms with E-state index in [0.717, 1.165) is 0 Å². The van der Waals surface area contributed by atoms with Crippen molar-refractivity contribution in [2.24, 2.45) is 7.05 Å². The van der Waals surface area contributed by atoms with E-state index in [4.69, 9.17) is 20.2 Å². The van der Waals surface area contributed by atoms with Crippen molar-refractivity contribution in [1.82, 2.24) is 9.05 Å². The van der Waals surface area contributed by atoms with E-state index < -0.39 is 0 Å². The first-order valence-corrected chi connectivity index (χ1v) is 2.61. The van der Waals surface area contributed by atoms with Crippen molar-refractivity contribution in [3.8, 4) is 0 Å². The molecule has 0 bridgehead atoms. The second-order valence-corrected chi connectivity index (χ2v) is 1.96. The molecule has 0 aliphatic carbocycles. The maximum absolute atomic E-state index is 5.33. The standard InChI is InChI=1S/C4H5BN2S/c1-6-2-3-7(5)4(6)8/h2-3H,1H3/q-1. The third-order valence-electron chi connectivity index (χ3n) is 0.973. The van der Waals surface area contributed by atoms with Gasteiger partial charge in [-0.15, -0.1) is 0 Å². The third-order valence-corrected chi connectivity index (χ3v) is 1.47. The Bertz CT molecular complexity index is 214. The van der Waals surface area contributed by atoms with Gasteiger partial charge >= 0.3 is 0 Å². The number of hydrogen-bond donors (Lipinski definition) is 0. The summed E-state index contributed by atoms with van der Waals surface area (Å²) >= 11 is 4.83. The van der Waals surface area contributed by atoms with Crippen LogP contribution in [0.25, 0.3) is 0 Å². The van der Waals surface area contributed by atoms with Gasteiger partial charge in [0.15, 0.2) is 0 Å². The van der Waals surface area contributed by atoms with Gasteiger partial charge in [0.2, 0.25) is 0 Å². The maximum atomic E-state index is 5.33. The molecule has 0 aliphatic heterocycles. The van der Waals surface area contributed by atoms with Crippen LogP contribution in [-0.2, 0) is 7.05 Å². The lowest BCUT2D eigenvalue weighted by Gasteiger charge is -2.04. The van der Waals surface area contributed by atoms with E-state index in [9.17, 15) is 0 Å². The minimum atomic E-state index is 0.630. The molecular formula is C4H5BN2S-. The van der Waals surface area contributed by atoms with Crippen LogP contribution in [0.4, 0.5) is 0 Å². The molecule has 0 saturated carbocycles. The highest BCUT2D eigenvalue weighted by Crippen LogP contribution is 1.87. The molecule has 1 heterocycles. The number of nitrogens with zero attached hydrogens (tertiary/aromatic N) is 2. The molecule has 3 radical (unpaired) electrons. The summed E-state index contributed by atoms with van der Waals surface area (Å²) in [5.74, 6) is 0. The lowest BCUT2D eigenvalue weighted by atomic mass is 10.4. The molecule has 0 amide bonds. The predicted octanol–water partition coefficient (Wildman–Crippen LogP) is 0.488.